The van der Waals surface area contributed by atoms with Crippen LogP contribution in [-0.2, 0) is 9.53 Å². The molecule has 6 nitrogen and oxygen atoms in total. The van der Waals surface area contributed by atoms with Crippen LogP contribution in [0.2, 0.25) is 5.02 Å². The molecular formula is C27H27ClN2O4S2. The van der Waals surface area contributed by atoms with Crippen molar-refractivity contribution in [3.8, 4) is 5.75 Å². The van der Waals surface area contributed by atoms with Gasteiger partial charge in [0.15, 0.2) is 4.80 Å². The van der Waals surface area contributed by atoms with E-state index in [1.54, 1.807) is 54.5 Å². The summed E-state index contributed by atoms with van der Waals surface area (Å²) in [5, 5.41) is 0.539. The minimum absolute atomic E-state index is 0.0430. The van der Waals surface area contributed by atoms with Crippen molar-refractivity contribution in [1.82, 2.24) is 4.57 Å². The summed E-state index contributed by atoms with van der Waals surface area (Å²) < 4.78 is 13.3. The molecular weight excluding hydrogens is 516 g/mol. The molecule has 0 N–H and O–H groups in total. The number of thiazole rings is 1. The van der Waals surface area contributed by atoms with E-state index in [-0.39, 0.29) is 18.3 Å². The average Bonchev–Trinajstić information content (AvgIpc) is 3.14. The number of esters is 1. The quantitative estimate of drug-likeness (QED) is 0.312. The molecule has 0 unspecified atom stereocenters. The van der Waals surface area contributed by atoms with Crippen LogP contribution in [0.1, 0.15) is 44.9 Å². The van der Waals surface area contributed by atoms with E-state index in [1.807, 2.05) is 44.4 Å². The van der Waals surface area contributed by atoms with Crippen molar-refractivity contribution in [3.63, 3.8) is 0 Å². The number of thioether (sulfide) groups is 1. The molecule has 1 aromatic heterocycles. The largest absolute Gasteiger partial charge is 0.490 e. The number of allylic oxidation sites excluding steroid dienone is 1. The maximum Gasteiger partial charge on any atom is 0.338 e. The predicted octanol–water partition coefficient (Wildman–Crippen LogP) is 4.96. The van der Waals surface area contributed by atoms with Crippen LogP contribution in [0, 0.1) is 0 Å². The van der Waals surface area contributed by atoms with Gasteiger partial charge in [0.25, 0.3) is 5.56 Å². The van der Waals surface area contributed by atoms with E-state index in [1.165, 1.54) is 11.3 Å². The third-order valence-electron chi connectivity index (χ3n) is 5.57. The first-order valence-corrected chi connectivity index (χ1v) is 13.9. The topological polar surface area (TPSA) is 69.9 Å². The molecule has 0 radical (unpaired) electrons. The van der Waals surface area contributed by atoms with Gasteiger partial charge in [0.1, 0.15) is 5.75 Å². The maximum atomic E-state index is 13.8. The van der Waals surface area contributed by atoms with Crippen molar-refractivity contribution >= 4 is 46.7 Å². The summed E-state index contributed by atoms with van der Waals surface area (Å²) in [5.41, 5.74) is 2.15. The smallest absolute Gasteiger partial charge is 0.338 e. The highest BCUT2D eigenvalue weighted by atomic mass is 35.5. The first-order chi connectivity index (χ1) is 17.2. The fourth-order valence-corrected chi connectivity index (χ4v) is 5.65. The lowest BCUT2D eigenvalue weighted by Gasteiger charge is -2.24. The Hall–Kier alpha value is -2.81. The lowest BCUT2D eigenvalue weighted by atomic mass is 9.96. The molecule has 3 aromatic rings. The van der Waals surface area contributed by atoms with Crippen molar-refractivity contribution in [2.24, 2.45) is 4.99 Å². The lowest BCUT2D eigenvalue weighted by Crippen LogP contribution is -2.39. The van der Waals surface area contributed by atoms with Crippen molar-refractivity contribution in [2.75, 3.05) is 12.9 Å². The van der Waals surface area contributed by atoms with Crippen molar-refractivity contribution in [1.29, 1.82) is 0 Å². The van der Waals surface area contributed by atoms with Gasteiger partial charge in [0.2, 0.25) is 0 Å². The Morgan fingerprint density at radius 3 is 2.61 bits per heavy atom. The molecule has 188 valence electrons. The monoisotopic (exact) mass is 542 g/mol. The summed E-state index contributed by atoms with van der Waals surface area (Å²) >= 11 is 9.15. The number of halogens is 1. The van der Waals surface area contributed by atoms with Gasteiger partial charge in [-0.3, -0.25) is 9.36 Å². The third kappa shape index (κ3) is 5.31. The maximum absolute atomic E-state index is 13.8. The summed E-state index contributed by atoms with van der Waals surface area (Å²) in [4.78, 5) is 33.1. The van der Waals surface area contributed by atoms with Gasteiger partial charge in [-0.15, -0.1) is 11.8 Å². The summed E-state index contributed by atoms with van der Waals surface area (Å²) in [6.45, 7) is 7.64. The molecule has 2 aromatic carbocycles. The first-order valence-electron chi connectivity index (χ1n) is 11.5. The minimum atomic E-state index is -0.649. The molecule has 0 spiro atoms. The van der Waals surface area contributed by atoms with Crippen LogP contribution in [0.15, 0.2) is 68.4 Å². The van der Waals surface area contributed by atoms with Gasteiger partial charge < -0.3 is 9.47 Å². The normalized spacial score (nSPS) is 15.6. The fraction of sp³-hybridized carbons (Fsp3) is 0.296. The van der Waals surface area contributed by atoms with Crippen LogP contribution in [0.25, 0.3) is 6.08 Å². The number of hydrogen-bond acceptors (Lipinski definition) is 7. The molecule has 9 heteroatoms. The van der Waals surface area contributed by atoms with Crippen molar-refractivity contribution < 1.29 is 14.3 Å². The van der Waals surface area contributed by atoms with Crippen molar-refractivity contribution in [2.45, 2.75) is 44.7 Å². The van der Waals surface area contributed by atoms with Crippen LogP contribution < -0.4 is 19.6 Å². The second-order valence-electron chi connectivity index (χ2n) is 8.42. The molecule has 0 aliphatic carbocycles. The Labute approximate surface area is 222 Å². The fourth-order valence-electron chi connectivity index (χ4n) is 4.03. The standard InChI is InChI=1S/C27H27ClN2O4S2/c1-6-33-26(32)23-16(4)29-27-30(24(23)17-7-10-20(35-5)11-8-17)25(31)22(36-27)14-18-13-19(28)9-12-21(18)34-15(2)3/h7-15,24H,6H2,1-5H3/b22-14+/t24-/m0/s1. The van der Waals surface area contributed by atoms with Gasteiger partial charge in [0, 0.05) is 15.5 Å². The highest BCUT2D eigenvalue weighted by molar-refractivity contribution is 7.98. The average molecular weight is 543 g/mol. The molecule has 0 saturated heterocycles. The predicted molar refractivity (Wildman–Crippen MR) is 146 cm³/mol. The highest BCUT2D eigenvalue weighted by Crippen LogP contribution is 2.32. The molecule has 4 rings (SSSR count). The number of carbonyl (C=O) groups is 1. The molecule has 2 heterocycles. The zero-order chi connectivity index (χ0) is 26.0. The minimum Gasteiger partial charge on any atom is -0.490 e. The zero-order valence-electron chi connectivity index (χ0n) is 20.7. The number of fused-ring (bicyclic) bond motifs is 1. The Morgan fingerprint density at radius 1 is 1.25 bits per heavy atom. The number of carbonyl (C=O) groups excluding carboxylic acids is 1. The van der Waals surface area contributed by atoms with E-state index >= 15 is 0 Å². The van der Waals surface area contributed by atoms with E-state index in [0.717, 1.165) is 10.5 Å². The van der Waals surface area contributed by atoms with Crippen LogP contribution in [0.3, 0.4) is 0 Å². The molecule has 0 amide bonds. The zero-order valence-corrected chi connectivity index (χ0v) is 23.1. The van der Waals surface area contributed by atoms with E-state index in [0.29, 0.717) is 36.9 Å². The lowest BCUT2D eigenvalue weighted by molar-refractivity contribution is -0.139. The Balaban J connectivity index is 1.94. The Kier molecular flexibility index (Phi) is 8.07. The SMILES string of the molecule is CCOC(=O)C1=C(C)N=c2s/c(=C/c3cc(Cl)ccc3OC(C)C)c(=O)n2[C@H]1c1ccc(SC)cc1. The van der Waals surface area contributed by atoms with Crippen LogP contribution in [-0.4, -0.2) is 29.5 Å². The molecule has 0 saturated carbocycles. The highest BCUT2D eigenvalue weighted by Gasteiger charge is 2.33. The molecule has 1 aliphatic heterocycles. The van der Waals surface area contributed by atoms with E-state index in [2.05, 4.69) is 4.99 Å². The van der Waals surface area contributed by atoms with Crippen LogP contribution >= 0.6 is 34.7 Å². The Morgan fingerprint density at radius 2 is 1.97 bits per heavy atom. The number of benzene rings is 2. The molecule has 36 heavy (non-hydrogen) atoms. The second-order valence-corrected chi connectivity index (χ2v) is 10.7. The van der Waals surface area contributed by atoms with Gasteiger partial charge in [-0.05, 0) is 75.9 Å². The number of aromatic nitrogens is 1. The third-order valence-corrected chi connectivity index (χ3v) is 7.53. The summed E-state index contributed by atoms with van der Waals surface area (Å²) in [7, 11) is 0. The molecule has 1 aliphatic rings. The van der Waals surface area contributed by atoms with Crippen LogP contribution in [0.5, 0.6) is 5.75 Å². The molecule has 0 bridgehead atoms. The number of nitrogens with zero attached hydrogens (tertiary/aromatic N) is 2. The summed E-state index contributed by atoms with van der Waals surface area (Å²) in [5.74, 6) is 0.155. The number of rotatable bonds is 7. The number of ether oxygens (including phenoxy) is 2. The molecule has 0 fully saturated rings. The first kappa shape index (κ1) is 26.3. The van der Waals surface area contributed by atoms with Gasteiger partial charge >= 0.3 is 5.97 Å². The van der Waals surface area contributed by atoms with E-state index in [4.69, 9.17) is 21.1 Å². The van der Waals surface area contributed by atoms with E-state index in [9.17, 15) is 9.59 Å². The van der Waals surface area contributed by atoms with Gasteiger partial charge in [-0.25, -0.2) is 9.79 Å². The number of hydrogen-bond donors (Lipinski definition) is 0. The van der Waals surface area contributed by atoms with Crippen LogP contribution in [0.4, 0.5) is 0 Å². The van der Waals surface area contributed by atoms with Gasteiger partial charge in [0.05, 0.1) is 34.6 Å². The summed E-state index contributed by atoms with van der Waals surface area (Å²) in [6.07, 6.45) is 3.72. The van der Waals surface area contributed by atoms with Gasteiger partial charge in [-0.1, -0.05) is 35.1 Å². The van der Waals surface area contributed by atoms with E-state index < -0.39 is 12.0 Å². The summed E-state index contributed by atoms with van der Waals surface area (Å²) in [6, 6.07) is 12.5. The van der Waals surface area contributed by atoms with Crippen molar-refractivity contribution in [3.05, 3.63) is 89.6 Å². The van der Waals surface area contributed by atoms with Gasteiger partial charge in [-0.2, -0.15) is 0 Å². The second kappa shape index (κ2) is 11.1. The molecule has 1 atom stereocenters. The Bertz CT molecular complexity index is 1500.